The third-order valence-corrected chi connectivity index (χ3v) is 8.01. The zero-order chi connectivity index (χ0) is 26.1. The molecule has 9 heteroatoms. The molecular weight excluding hydrogens is 474 g/mol. The quantitative estimate of drug-likeness (QED) is 0.474. The molecule has 1 saturated heterocycles. The van der Waals surface area contributed by atoms with E-state index >= 15 is 0 Å². The van der Waals surface area contributed by atoms with Gasteiger partial charge in [0.25, 0.3) is 5.56 Å². The third-order valence-electron chi connectivity index (χ3n) is 8.01. The monoisotopic (exact) mass is 509 g/mol. The molecule has 5 rings (SSSR count). The van der Waals surface area contributed by atoms with E-state index in [1.807, 2.05) is 6.07 Å². The van der Waals surface area contributed by atoms with Crippen LogP contribution in [0.1, 0.15) is 29.9 Å². The van der Waals surface area contributed by atoms with Gasteiger partial charge >= 0.3 is 5.69 Å². The molecule has 1 aromatic heterocycles. The summed E-state index contributed by atoms with van der Waals surface area (Å²) < 4.78 is 24.7. The number of rotatable bonds is 9. The highest BCUT2D eigenvalue weighted by Gasteiger charge is 2.40. The minimum absolute atomic E-state index is 0.163. The Kier molecular flexibility index (Phi) is 7.26. The number of aromatic nitrogens is 2. The first-order chi connectivity index (χ1) is 18.0. The third kappa shape index (κ3) is 4.40. The molecule has 1 aliphatic heterocycles. The predicted octanol–water partition coefficient (Wildman–Crippen LogP) is 2.54. The van der Waals surface area contributed by atoms with E-state index in [-0.39, 0.29) is 17.3 Å². The van der Waals surface area contributed by atoms with Gasteiger partial charge in [-0.1, -0.05) is 12.1 Å². The Morgan fingerprint density at radius 1 is 0.946 bits per heavy atom. The van der Waals surface area contributed by atoms with E-state index in [9.17, 15) is 9.59 Å². The highest BCUT2D eigenvalue weighted by atomic mass is 16.5. The van der Waals surface area contributed by atoms with Crippen LogP contribution in [0.4, 0.5) is 0 Å². The van der Waals surface area contributed by atoms with Crippen molar-refractivity contribution in [2.45, 2.75) is 44.3 Å². The largest absolute Gasteiger partial charge is 0.496 e. The fraction of sp³-hybridized carbons (Fsp3) is 0.500. The van der Waals surface area contributed by atoms with Gasteiger partial charge in [0, 0.05) is 31.7 Å². The molecule has 0 bridgehead atoms. The second kappa shape index (κ2) is 10.6. The lowest BCUT2D eigenvalue weighted by atomic mass is 9.73. The number of benzene rings is 2. The molecule has 2 aromatic carbocycles. The molecule has 2 heterocycles. The summed E-state index contributed by atoms with van der Waals surface area (Å²) in [5.74, 6) is 2.72. The molecule has 0 radical (unpaired) electrons. The smallest absolute Gasteiger partial charge is 0.331 e. The molecule has 1 N–H and O–H groups in total. The first-order valence-corrected chi connectivity index (χ1v) is 12.8. The van der Waals surface area contributed by atoms with Crippen molar-refractivity contribution in [2.24, 2.45) is 5.92 Å². The average molecular weight is 510 g/mol. The van der Waals surface area contributed by atoms with Crippen LogP contribution in [0, 0.1) is 5.92 Å². The molecular formula is C28H35N3O6. The van der Waals surface area contributed by atoms with Crippen molar-refractivity contribution in [3.63, 3.8) is 0 Å². The zero-order valence-electron chi connectivity index (χ0n) is 21.9. The van der Waals surface area contributed by atoms with Gasteiger partial charge in [0.1, 0.15) is 5.75 Å². The number of hydrogen-bond acceptors (Lipinski definition) is 7. The molecule has 1 fully saturated rings. The molecule has 198 valence electrons. The number of ether oxygens (including phenoxy) is 4. The lowest BCUT2D eigenvalue weighted by Gasteiger charge is -2.32. The van der Waals surface area contributed by atoms with Crippen LogP contribution in [-0.4, -0.2) is 56.8 Å². The van der Waals surface area contributed by atoms with Crippen LogP contribution in [0.15, 0.2) is 39.9 Å². The molecule has 1 aliphatic carbocycles. The molecule has 0 spiro atoms. The van der Waals surface area contributed by atoms with E-state index in [0.29, 0.717) is 60.4 Å². The predicted molar refractivity (Wildman–Crippen MR) is 141 cm³/mol. The maximum Gasteiger partial charge on any atom is 0.331 e. The van der Waals surface area contributed by atoms with E-state index in [4.69, 9.17) is 18.9 Å². The van der Waals surface area contributed by atoms with Crippen molar-refractivity contribution in [2.75, 3.05) is 41.6 Å². The van der Waals surface area contributed by atoms with E-state index in [1.54, 1.807) is 30.9 Å². The number of nitrogens with one attached hydrogen (secondary N) is 1. The summed E-state index contributed by atoms with van der Waals surface area (Å²) in [6, 6.07) is 9.79. The Morgan fingerprint density at radius 2 is 1.70 bits per heavy atom. The van der Waals surface area contributed by atoms with Crippen LogP contribution in [0.3, 0.4) is 0 Å². The SMILES string of the molecule is COCCn1c(=O)n(CCC2NC[C@@H]3CCc4c(OC)cccc4[C@H]23)c(=O)c2cc(OC)c(OC)cc21. The van der Waals surface area contributed by atoms with Gasteiger partial charge in [-0.25, -0.2) is 4.79 Å². The Morgan fingerprint density at radius 3 is 2.43 bits per heavy atom. The van der Waals surface area contributed by atoms with E-state index in [0.717, 1.165) is 25.1 Å². The van der Waals surface area contributed by atoms with Gasteiger partial charge < -0.3 is 24.3 Å². The molecule has 2 aliphatic rings. The fourth-order valence-corrected chi connectivity index (χ4v) is 6.21. The Hall–Kier alpha value is -3.30. The molecule has 9 nitrogen and oxygen atoms in total. The van der Waals surface area contributed by atoms with Crippen molar-refractivity contribution < 1.29 is 18.9 Å². The zero-order valence-corrected chi connectivity index (χ0v) is 21.9. The number of fused-ring (bicyclic) bond motifs is 4. The van der Waals surface area contributed by atoms with Crippen LogP contribution >= 0.6 is 0 Å². The van der Waals surface area contributed by atoms with Gasteiger partial charge in [-0.15, -0.1) is 0 Å². The molecule has 3 aromatic rings. The first kappa shape index (κ1) is 25.4. The van der Waals surface area contributed by atoms with Crippen LogP contribution in [0.25, 0.3) is 10.9 Å². The van der Waals surface area contributed by atoms with E-state index in [2.05, 4.69) is 17.4 Å². The standard InChI is InChI=1S/C28H35N3O6/c1-34-13-12-30-22-15-25(37-4)24(36-3)14-20(22)27(32)31(28(30)33)11-10-21-26-17(16-29-21)8-9-18-19(26)6-5-7-23(18)35-2/h5-7,14-15,17,21,26,29H,8-13,16H2,1-4H3/t17-,21?,26+/m0/s1. The second-order valence-electron chi connectivity index (χ2n) is 9.76. The van der Waals surface area contributed by atoms with Gasteiger partial charge in [-0.2, -0.15) is 0 Å². The van der Waals surface area contributed by atoms with Gasteiger partial charge in [-0.05, 0) is 55.0 Å². The van der Waals surface area contributed by atoms with E-state index < -0.39 is 0 Å². The summed E-state index contributed by atoms with van der Waals surface area (Å²) in [5, 5.41) is 4.10. The van der Waals surface area contributed by atoms with Crippen LogP contribution in [0.5, 0.6) is 17.2 Å². The van der Waals surface area contributed by atoms with Crippen LogP contribution < -0.4 is 30.8 Å². The van der Waals surface area contributed by atoms with Crippen molar-refractivity contribution >= 4 is 10.9 Å². The Labute approximate surface area is 215 Å². The highest BCUT2D eigenvalue weighted by Crippen LogP contribution is 2.45. The van der Waals surface area contributed by atoms with Crippen molar-refractivity contribution in [3.8, 4) is 17.2 Å². The summed E-state index contributed by atoms with van der Waals surface area (Å²) >= 11 is 0. The number of nitrogens with zero attached hydrogens (tertiary/aromatic N) is 2. The maximum atomic E-state index is 13.6. The summed E-state index contributed by atoms with van der Waals surface area (Å²) in [4.78, 5) is 27.2. The number of hydrogen-bond donors (Lipinski definition) is 1. The number of methoxy groups -OCH3 is 4. The molecule has 0 amide bonds. The van der Waals surface area contributed by atoms with Crippen molar-refractivity contribution in [3.05, 3.63) is 62.3 Å². The molecule has 0 saturated carbocycles. The maximum absolute atomic E-state index is 13.6. The summed E-state index contributed by atoms with van der Waals surface area (Å²) in [5.41, 5.74) is 2.45. The van der Waals surface area contributed by atoms with E-state index in [1.165, 1.54) is 29.9 Å². The van der Waals surface area contributed by atoms with Crippen molar-refractivity contribution in [1.82, 2.24) is 14.5 Å². The average Bonchev–Trinajstić information content (AvgIpc) is 3.35. The van der Waals surface area contributed by atoms with Crippen LogP contribution in [0.2, 0.25) is 0 Å². The van der Waals surface area contributed by atoms with Gasteiger partial charge in [0.2, 0.25) is 0 Å². The summed E-state index contributed by atoms with van der Waals surface area (Å²) in [6.45, 7) is 1.91. The summed E-state index contributed by atoms with van der Waals surface area (Å²) in [6.07, 6.45) is 2.77. The lowest BCUT2D eigenvalue weighted by molar-refractivity contribution is 0.186. The normalized spacial score (nSPS) is 20.5. The van der Waals surface area contributed by atoms with Gasteiger partial charge in [0.05, 0.1) is 45.4 Å². The minimum atomic E-state index is -0.345. The molecule has 3 atom stereocenters. The first-order valence-electron chi connectivity index (χ1n) is 12.8. The lowest BCUT2D eigenvalue weighted by Crippen LogP contribution is -2.42. The highest BCUT2D eigenvalue weighted by molar-refractivity contribution is 5.82. The Balaban J connectivity index is 1.52. The van der Waals surface area contributed by atoms with Gasteiger partial charge in [0.15, 0.2) is 11.5 Å². The molecule has 1 unspecified atom stereocenters. The minimum Gasteiger partial charge on any atom is -0.496 e. The fourth-order valence-electron chi connectivity index (χ4n) is 6.21. The van der Waals surface area contributed by atoms with Gasteiger partial charge in [-0.3, -0.25) is 13.9 Å². The topological polar surface area (TPSA) is 93.0 Å². The summed E-state index contributed by atoms with van der Waals surface area (Å²) in [7, 11) is 6.37. The second-order valence-corrected chi connectivity index (χ2v) is 9.76. The van der Waals surface area contributed by atoms with Crippen LogP contribution in [-0.2, 0) is 24.2 Å². The Bertz CT molecular complexity index is 1410. The molecule has 37 heavy (non-hydrogen) atoms. The van der Waals surface area contributed by atoms with Crippen molar-refractivity contribution in [1.29, 1.82) is 0 Å².